The minimum Gasteiger partial charge on any atom is -0.339 e. The molecule has 0 atom stereocenters. The van der Waals surface area contributed by atoms with Crippen LogP contribution in [0.3, 0.4) is 0 Å². The molecule has 0 N–H and O–H groups in total. The van der Waals surface area contributed by atoms with Crippen molar-refractivity contribution in [3.8, 4) is 0 Å². The van der Waals surface area contributed by atoms with Crippen LogP contribution in [-0.4, -0.2) is 56.7 Å². The number of aromatic nitrogens is 4. The lowest BCUT2D eigenvalue weighted by Crippen LogP contribution is -2.49. The van der Waals surface area contributed by atoms with Gasteiger partial charge in [-0.15, -0.1) is 0 Å². The molecule has 0 unspecified atom stereocenters. The quantitative estimate of drug-likeness (QED) is 0.835. The third-order valence-electron chi connectivity index (χ3n) is 4.45. The maximum Gasteiger partial charge on any atom is 0.227 e. The third kappa shape index (κ3) is 3.18. The van der Waals surface area contributed by atoms with Crippen molar-refractivity contribution in [1.29, 1.82) is 0 Å². The molecule has 0 aromatic carbocycles. The summed E-state index contributed by atoms with van der Waals surface area (Å²) in [4.78, 5) is 25.1. The van der Waals surface area contributed by atoms with Gasteiger partial charge in [0.2, 0.25) is 11.9 Å². The number of aryl methyl sites for hydroxylation is 2. The van der Waals surface area contributed by atoms with Crippen molar-refractivity contribution >= 4 is 11.9 Å². The van der Waals surface area contributed by atoms with Gasteiger partial charge in [-0.3, -0.25) is 9.48 Å². The Morgan fingerprint density at radius 2 is 1.78 bits per heavy atom. The first-order valence-corrected chi connectivity index (χ1v) is 7.85. The van der Waals surface area contributed by atoms with E-state index in [9.17, 15) is 4.79 Å². The van der Waals surface area contributed by atoms with Crippen LogP contribution in [0.15, 0.2) is 18.5 Å². The van der Waals surface area contributed by atoms with Gasteiger partial charge in [0.25, 0.3) is 0 Å². The van der Waals surface area contributed by atoms with Crippen molar-refractivity contribution in [2.24, 2.45) is 7.05 Å². The number of piperazine rings is 1. The second-order valence-electron chi connectivity index (χ2n) is 5.87. The van der Waals surface area contributed by atoms with Crippen molar-refractivity contribution in [1.82, 2.24) is 24.6 Å². The first-order chi connectivity index (χ1) is 11.1. The predicted octanol–water partition coefficient (Wildman–Crippen LogP) is 0.718. The average Bonchev–Trinajstić information content (AvgIpc) is 2.82. The number of carbonyl (C=O) groups is 1. The van der Waals surface area contributed by atoms with Crippen molar-refractivity contribution in [2.75, 3.05) is 31.1 Å². The molecule has 0 spiro atoms. The van der Waals surface area contributed by atoms with Crippen molar-refractivity contribution in [3.05, 3.63) is 35.4 Å². The van der Waals surface area contributed by atoms with Crippen molar-refractivity contribution < 1.29 is 4.79 Å². The van der Waals surface area contributed by atoms with Gasteiger partial charge in [-0.25, -0.2) is 9.97 Å². The van der Waals surface area contributed by atoms with E-state index in [1.165, 1.54) is 0 Å². The molecule has 0 saturated carbocycles. The Bertz CT molecular complexity index is 688. The Morgan fingerprint density at radius 3 is 2.35 bits per heavy atom. The van der Waals surface area contributed by atoms with Gasteiger partial charge in [0.05, 0.1) is 12.1 Å². The van der Waals surface area contributed by atoms with E-state index in [1.54, 1.807) is 12.4 Å². The number of amides is 1. The molecule has 3 heterocycles. The van der Waals surface area contributed by atoms with E-state index in [-0.39, 0.29) is 5.91 Å². The Kier molecular flexibility index (Phi) is 4.27. The summed E-state index contributed by atoms with van der Waals surface area (Å²) in [6, 6.07) is 1.81. The second-order valence-corrected chi connectivity index (χ2v) is 5.87. The SMILES string of the molecule is Cc1nn(C)c(C)c1CC(=O)N1CCN(c2ncccn2)CC1. The fourth-order valence-electron chi connectivity index (χ4n) is 2.95. The van der Waals surface area contributed by atoms with Crippen LogP contribution in [0, 0.1) is 13.8 Å². The summed E-state index contributed by atoms with van der Waals surface area (Å²) < 4.78 is 1.84. The van der Waals surface area contributed by atoms with Gasteiger partial charge in [-0.2, -0.15) is 5.10 Å². The molecule has 1 aliphatic rings. The molecule has 0 aliphatic carbocycles. The number of hydrogen-bond donors (Lipinski definition) is 0. The molecule has 23 heavy (non-hydrogen) atoms. The molecule has 1 fully saturated rings. The van der Waals surface area contributed by atoms with E-state index in [1.807, 2.05) is 36.5 Å². The van der Waals surface area contributed by atoms with Gasteiger partial charge in [-0.05, 0) is 19.9 Å². The van der Waals surface area contributed by atoms with Gasteiger partial charge in [0.1, 0.15) is 0 Å². The van der Waals surface area contributed by atoms with Crippen molar-refractivity contribution in [3.63, 3.8) is 0 Å². The van der Waals surface area contributed by atoms with E-state index >= 15 is 0 Å². The molecule has 3 rings (SSSR count). The summed E-state index contributed by atoms with van der Waals surface area (Å²) in [5, 5.41) is 4.38. The van der Waals surface area contributed by atoms with E-state index < -0.39 is 0 Å². The van der Waals surface area contributed by atoms with Crippen LogP contribution in [-0.2, 0) is 18.3 Å². The Balaban J connectivity index is 1.60. The fourth-order valence-corrected chi connectivity index (χ4v) is 2.95. The molecule has 1 amide bonds. The summed E-state index contributed by atoms with van der Waals surface area (Å²) in [6.45, 7) is 6.90. The largest absolute Gasteiger partial charge is 0.339 e. The minimum atomic E-state index is 0.165. The molecule has 122 valence electrons. The molecule has 1 saturated heterocycles. The molecule has 7 nitrogen and oxygen atoms in total. The molecule has 7 heteroatoms. The van der Waals surface area contributed by atoms with Crippen LogP contribution in [0.25, 0.3) is 0 Å². The summed E-state index contributed by atoms with van der Waals surface area (Å²) in [5.41, 5.74) is 3.05. The highest BCUT2D eigenvalue weighted by atomic mass is 16.2. The molecule has 1 aliphatic heterocycles. The lowest BCUT2D eigenvalue weighted by atomic mass is 10.1. The Labute approximate surface area is 135 Å². The van der Waals surface area contributed by atoms with Gasteiger partial charge in [-0.1, -0.05) is 0 Å². The van der Waals surface area contributed by atoms with Crippen LogP contribution in [0.5, 0.6) is 0 Å². The Hall–Kier alpha value is -2.44. The lowest BCUT2D eigenvalue weighted by molar-refractivity contribution is -0.130. The van der Waals surface area contributed by atoms with Gasteiger partial charge >= 0.3 is 0 Å². The number of nitrogens with zero attached hydrogens (tertiary/aromatic N) is 6. The van der Waals surface area contributed by atoms with E-state index in [0.29, 0.717) is 19.5 Å². The minimum absolute atomic E-state index is 0.165. The molecular weight excluding hydrogens is 292 g/mol. The maximum atomic E-state index is 12.6. The Morgan fingerprint density at radius 1 is 1.13 bits per heavy atom. The highest BCUT2D eigenvalue weighted by molar-refractivity contribution is 5.79. The lowest BCUT2D eigenvalue weighted by Gasteiger charge is -2.34. The first kappa shape index (κ1) is 15.5. The maximum absolute atomic E-state index is 12.6. The predicted molar refractivity (Wildman–Crippen MR) is 87.2 cm³/mol. The summed E-state index contributed by atoms with van der Waals surface area (Å²) in [7, 11) is 1.91. The van der Waals surface area contributed by atoms with Crippen LogP contribution in [0.2, 0.25) is 0 Å². The van der Waals surface area contributed by atoms with Gasteiger partial charge < -0.3 is 9.80 Å². The summed E-state index contributed by atoms with van der Waals surface area (Å²) in [5.74, 6) is 0.899. The van der Waals surface area contributed by atoms with Crippen molar-refractivity contribution in [2.45, 2.75) is 20.3 Å². The summed E-state index contributed by atoms with van der Waals surface area (Å²) >= 11 is 0. The number of carbonyl (C=O) groups excluding carboxylic acids is 1. The monoisotopic (exact) mass is 314 g/mol. The highest BCUT2D eigenvalue weighted by Crippen LogP contribution is 2.15. The normalized spacial score (nSPS) is 15.1. The molecular formula is C16H22N6O. The fraction of sp³-hybridized carbons (Fsp3) is 0.500. The molecule has 2 aromatic rings. The zero-order chi connectivity index (χ0) is 16.4. The number of hydrogen-bond acceptors (Lipinski definition) is 5. The zero-order valence-corrected chi connectivity index (χ0v) is 13.9. The summed E-state index contributed by atoms with van der Waals surface area (Å²) in [6.07, 6.45) is 3.91. The topological polar surface area (TPSA) is 67.2 Å². The zero-order valence-electron chi connectivity index (χ0n) is 13.9. The van der Waals surface area contributed by atoms with Gasteiger partial charge in [0.15, 0.2) is 0 Å². The van der Waals surface area contributed by atoms with E-state index in [2.05, 4.69) is 20.0 Å². The number of rotatable bonds is 3. The van der Waals surface area contributed by atoms with Crippen LogP contribution < -0.4 is 4.90 Å². The van der Waals surface area contributed by atoms with Crippen LogP contribution in [0.1, 0.15) is 17.0 Å². The highest BCUT2D eigenvalue weighted by Gasteiger charge is 2.24. The van der Waals surface area contributed by atoms with Gasteiger partial charge in [0, 0.05) is 56.9 Å². The van der Waals surface area contributed by atoms with E-state index in [0.717, 1.165) is 36.0 Å². The number of anilines is 1. The smallest absolute Gasteiger partial charge is 0.227 e. The molecule has 2 aromatic heterocycles. The molecule has 0 bridgehead atoms. The molecule has 0 radical (unpaired) electrons. The standard InChI is InChI=1S/C16H22N6O/c1-12-14(13(2)20(3)19-12)11-15(23)21-7-9-22(10-8-21)16-17-5-4-6-18-16/h4-6H,7-11H2,1-3H3. The van der Waals surface area contributed by atoms with Crippen LogP contribution >= 0.6 is 0 Å². The second kappa shape index (κ2) is 6.36. The average molecular weight is 314 g/mol. The third-order valence-corrected chi connectivity index (χ3v) is 4.45. The van der Waals surface area contributed by atoms with E-state index in [4.69, 9.17) is 0 Å². The first-order valence-electron chi connectivity index (χ1n) is 7.85. The van der Waals surface area contributed by atoms with Crippen LogP contribution in [0.4, 0.5) is 5.95 Å².